The minimum absolute atomic E-state index is 0.393. The maximum Gasteiger partial charge on any atom is 0.253 e. The molecule has 0 aromatic carbocycles. The molecular formula is C15H13Cl2N5. The molecule has 0 amide bonds. The molecule has 22 heavy (non-hydrogen) atoms. The first-order valence-corrected chi connectivity index (χ1v) is 8.00. The van der Waals surface area contributed by atoms with Crippen molar-refractivity contribution < 1.29 is 0 Å². The molecule has 112 valence electrons. The van der Waals surface area contributed by atoms with Gasteiger partial charge in [0.2, 0.25) is 0 Å². The first-order chi connectivity index (χ1) is 10.8. The van der Waals surface area contributed by atoms with E-state index >= 15 is 0 Å². The van der Waals surface area contributed by atoms with E-state index in [0.717, 1.165) is 29.7 Å². The van der Waals surface area contributed by atoms with Gasteiger partial charge in [-0.25, -0.2) is 4.52 Å². The van der Waals surface area contributed by atoms with Crippen LogP contribution in [0.3, 0.4) is 0 Å². The van der Waals surface area contributed by atoms with Gasteiger partial charge in [-0.05, 0) is 18.9 Å². The van der Waals surface area contributed by atoms with Gasteiger partial charge in [-0.1, -0.05) is 36.0 Å². The smallest absolute Gasteiger partial charge is 0.253 e. The van der Waals surface area contributed by atoms with Gasteiger partial charge in [0, 0.05) is 29.4 Å². The summed E-state index contributed by atoms with van der Waals surface area (Å²) in [5.41, 5.74) is 2.74. The number of rotatable bonds is 2. The Balaban J connectivity index is 2.06. The minimum Gasteiger partial charge on any atom is -0.263 e. The number of nitrogens with zero attached hydrogens (tertiary/aromatic N) is 5. The molecule has 0 bridgehead atoms. The van der Waals surface area contributed by atoms with Gasteiger partial charge in [0.1, 0.15) is 11.5 Å². The molecule has 1 fully saturated rings. The first kappa shape index (κ1) is 13.9. The lowest BCUT2D eigenvalue weighted by atomic mass is 9.95. The van der Waals surface area contributed by atoms with Crippen LogP contribution in [0.4, 0.5) is 0 Å². The predicted molar refractivity (Wildman–Crippen MR) is 85.2 cm³/mol. The summed E-state index contributed by atoms with van der Waals surface area (Å²) in [4.78, 5) is 12.6. The van der Waals surface area contributed by atoms with Crippen molar-refractivity contribution in [2.75, 3.05) is 0 Å². The zero-order chi connectivity index (χ0) is 15.1. The molecular weight excluding hydrogens is 321 g/mol. The third kappa shape index (κ3) is 2.16. The molecule has 1 aliphatic rings. The van der Waals surface area contributed by atoms with Crippen molar-refractivity contribution >= 4 is 29.0 Å². The van der Waals surface area contributed by atoms with Gasteiger partial charge in [-0.2, -0.15) is 15.1 Å². The predicted octanol–water partition coefficient (Wildman–Crippen LogP) is 4.15. The van der Waals surface area contributed by atoms with Gasteiger partial charge in [-0.15, -0.1) is 0 Å². The Morgan fingerprint density at radius 1 is 1.18 bits per heavy atom. The van der Waals surface area contributed by atoms with E-state index in [2.05, 4.69) is 20.1 Å². The molecule has 0 spiro atoms. The quantitative estimate of drug-likeness (QED) is 0.661. The zero-order valence-electron chi connectivity index (χ0n) is 11.7. The van der Waals surface area contributed by atoms with Crippen LogP contribution in [-0.4, -0.2) is 24.6 Å². The van der Waals surface area contributed by atoms with Gasteiger partial charge in [0.05, 0.1) is 10.7 Å². The van der Waals surface area contributed by atoms with Gasteiger partial charge < -0.3 is 0 Å². The molecule has 0 saturated heterocycles. The Kier molecular flexibility index (Phi) is 3.47. The first-order valence-electron chi connectivity index (χ1n) is 7.24. The Hall–Kier alpha value is -1.72. The summed E-state index contributed by atoms with van der Waals surface area (Å²) in [5, 5.41) is 5.32. The number of aromatic nitrogens is 5. The average molecular weight is 334 g/mol. The molecule has 1 aliphatic carbocycles. The van der Waals surface area contributed by atoms with Crippen molar-refractivity contribution in [1.82, 2.24) is 24.6 Å². The highest BCUT2D eigenvalue weighted by atomic mass is 35.5. The van der Waals surface area contributed by atoms with Crippen LogP contribution in [0.1, 0.15) is 37.3 Å². The Bertz CT molecular complexity index is 839. The van der Waals surface area contributed by atoms with E-state index in [0.29, 0.717) is 21.9 Å². The molecule has 3 aromatic heterocycles. The molecule has 5 nitrogen and oxygen atoms in total. The summed E-state index contributed by atoms with van der Waals surface area (Å²) < 4.78 is 1.80. The van der Waals surface area contributed by atoms with Crippen LogP contribution >= 0.6 is 23.2 Å². The van der Waals surface area contributed by atoms with Crippen LogP contribution in [0.5, 0.6) is 0 Å². The molecule has 3 aromatic rings. The van der Waals surface area contributed by atoms with Crippen molar-refractivity contribution in [1.29, 1.82) is 0 Å². The van der Waals surface area contributed by atoms with E-state index < -0.39 is 0 Å². The fraction of sp³-hybridized carbons (Fsp3) is 0.333. The lowest BCUT2D eigenvalue weighted by molar-refractivity contribution is 0.663. The monoisotopic (exact) mass is 333 g/mol. The summed E-state index contributed by atoms with van der Waals surface area (Å²) in [6.07, 6.45) is 9.50. The molecule has 3 heterocycles. The van der Waals surface area contributed by atoms with Crippen LogP contribution < -0.4 is 0 Å². The SMILES string of the molecule is Clc1cnccc1-c1c(Cl)nc2ncnn2c1C1CCCC1. The summed E-state index contributed by atoms with van der Waals surface area (Å²) in [5.74, 6) is 0.921. The van der Waals surface area contributed by atoms with Crippen molar-refractivity contribution in [2.45, 2.75) is 31.6 Å². The highest BCUT2D eigenvalue weighted by Gasteiger charge is 2.27. The molecule has 7 heteroatoms. The van der Waals surface area contributed by atoms with Crippen molar-refractivity contribution in [3.8, 4) is 11.1 Å². The molecule has 0 N–H and O–H groups in total. The molecule has 1 saturated carbocycles. The van der Waals surface area contributed by atoms with Crippen LogP contribution in [0.15, 0.2) is 24.8 Å². The van der Waals surface area contributed by atoms with Gasteiger partial charge in [0.15, 0.2) is 0 Å². The number of hydrogen-bond acceptors (Lipinski definition) is 4. The van der Waals surface area contributed by atoms with E-state index in [1.54, 1.807) is 16.9 Å². The van der Waals surface area contributed by atoms with Crippen LogP contribution in [0.25, 0.3) is 16.9 Å². The lowest BCUT2D eigenvalue weighted by Gasteiger charge is -2.18. The Labute approximate surface area is 137 Å². The molecule has 0 aliphatic heterocycles. The Morgan fingerprint density at radius 3 is 2.77 bits per heavy atom. The van der Waals surface area contributed by atoms with Crippen LogP contribution in [0.2, 0.25) is 10.2 Å². The maximum atomic E-state index is 6.48. The molecule has 4 rings (SSSR count). The summed E-state index contributed by atoms with van der Waals surface area (Å²) >= 11 is 12.8. The maximum absolute atomic E-state index is 6.48. The average Bonchev–Trinajstić information content (AvgIpc) is 3.17. The van der Waals surface area contributed by atoms with Crippen LogP contribution in [-0.2, 0) is 0 Å². The normalized spacial score (nSPS) is 15.7. The third-order valence-electron chi connectivity index (χ3n) is 4.20. The van der Waals surface area contributed by atoms with Gasteiger partial charge >= 0.3 is 0 Å². The van der Waals surface area contributed by atoms with E-state index in [4.69, 9.17) is 23.2 Å². The third-order valence-corrected chi connectivity index (χ3v) is 4.78. The number of fused-ring (bicyclic) bond motifs is 1. The van der Waals surface area contributed by atoms with Crippen LogP contribution in [0, 0.1) is 0 Å². The second-order valence-corrected chi connectivity index (χ2v) is 6.24. The number of halogens is 2. The van der Waals surface area contributed by atoms with Crippen molar-refractivity contribution in [3.63, 3.8) is 0 Å². The standard InChI is InChI=1S/C15H13Cl2N5/c16-11-7-18-6-5-10(11)12-13(9-3-1-2-4-9)22-15(19-8-20-22)21-14(12)17/h5-9H,1-4H2. The molecule has 0 unspecified atom stereocenters. The number of pyridine rings is 1. The number of hydrogen-bond donors (Lipinski definition) is 0. The van der Waals surface area contributed by atoms with Gasteiger partial charge in [-0.3, -0.25) is 4.98 Å². The highest BCUT2D eigenvalue weighted by molar-refractivity contribution is 6.36. The van der Waals surface area contributed by atoms with E-state index in [1.165, 1.54) is 19.2 Å². The van der Waals surface area contributed by atoms with E-state index in [-0.39, 0.29) is 0 Å². The summed E-state index contributed by atoms with van der Waals surface area (Å²) in [6.45, 7) is 0. The fourth-order valence-corrected chi connectivity index (χ4v) is 3.73. The largest absolute Gasteiger partial charge is 0.263 e. The lowest BCUT2D eigenvalue weighted by Crippen LogP contribution is -2.09. The summed E-state index contributed by atoms with van der Waals surface area (Å²) in [6, 6.07) is 1.87. The zero-order valence-corrected chi connectivity index (χ0v) is 13.2. The van der Waals surface area contributed by atoms with E-state index in [1.807, 2.05) is 6.07 Å². The topological polar surface area (TPSA) is 56.0 Å². The minimum atomic E-state index is 0.393. The highest BCUT2D eigenvalue weighted by Crippen LogP contribution is 2.43. The Morgan fingerprint density at radius 2 is 2.00 bits per heavy atom. The fourth-order valence-electron chi connectivity index (χ4n) is 3.24. The van der Waals surface area contributed by atoms with Crippen molar-refractivity contribution in [3.05, 3.63) is 40.7 Å². The van der Waals surface area contributed by atoms with Gasteiger partial charge in [0.25, 0.3) is 5.78 Å². The second kappa shape index (κ2) is 5.48. The van der Waals surface area contributed by atoms with E-state index in [9.17, 15) is 0 Å². The second-order valence-electron chi connectivity index (χ2n) is 5.47. The van der Waals surface area contributed by atoms with Crippen molar-refractivity contribution in [2.24, 2.45) is 0 Å². The summed E-state index contributed by atoms with van der Waals surface area (Å²) in [7, 11) is 0. The molecule has 0 atom stereocenters. The molecule has 0 radical (unpaired) electrons.